The van der Waals surface area contributed by atoms with E-state index in [0.29, 0.717) is 17.5 Å². The van der Waals surface area contributed by atoms with Gasteiger partial charge in [0.2, 0.25) is 0 Å². The number of rotatable bonds is 6. The van der Waals surface area contributed by atoms with Crippen LogP contribution in [0.2, 0.25) is 0 Å². The second-order valence-corrected chi connectivity index (χ2v) is 6.05. The summed E-state index contributed by atoms with van der Waals surface area (Å²) in [6.45, 7) is 2.57. The van der Waals surface area contributed by atoms with Gasteiger partial charge in [-0.2, -0.15) is 0 Å². The lowest BCUT2D eigenvalue weighted by molar-refractivity contribution is -0.150. The van der Waals surface area contributed by atoms with E-state index in [2.05, 4.69) is 22.9 Å². The van der Waals surface area contributed by atoms with Gasteiger partial charge in [-0.15, -0.1) is 0 Å². The van der Waals surface area contributed by atoms with Gasteiger partial charge in [-0.05, 0) is 59.3 Å². The van der Waals surface area contributed by atoms with E-state index in [9.17, 15) is 9.18 Å². The molecule has 0 N–H and O–H groups in total. The maximum atomic E-state index is 13.2. The molecule has 19 heavy (non-hydrogen) atoms. The third kappa shape index (κ3) is 3.56. The van der Waals surface area contributed by atoms with E-state index < -0.39 is 0 Å². The first-order valence-electron chi connectivity index (χ1n) is 6.68. The summed E-state index contributed by atoms with van der Waals surface area (Å²) in [4.78, 5) is 12.1. The summed E-state index contributed by atoms with van der Waals surface area (Å²) in [6, 6.07) is 4.91. The van der Waals surface area contributed by atoms with Gasteiger partial charge in [0, 0.05) is 0 Å². The van der Waals surface area contributed by atoms with Gasteiger partial charge >= 0.3 is 5.97 Å². The Kier molecular flexibility index (Phi) is 4.61. The summed E-state index contributed by atoms with van der Waals surface area (Å²) >= 11 is 3.17. The molecule has 0 bridgehead atoms. The highest BCUT2D eigenvalue weighted by atomic mass is 79.9. The number of ether oxygens (including phenoxy) is 1. The van der Waals surface area contributed by atoms with E-state index >= 15 is 0 Å². The largest absolute Gasteiger partial charge is 0.465 e. The molecule has 0 aromatic heterocycles. The molecule has 0 saturated heterocycles. The van der Waals surface area contributed by atoms with Crippen LogP contribution in [-0.4, -0.2) is 12.6 Å². The minimum absolute atomic E-state index is 0.0959. The quantitative estimate of drug-likeness (QED) is 0.576. The maximum absolute atomic E-state index is 13.2. The first-order valence-corrected chi connectivity index (χ1v) is 7.48. The molecular weight excluding hydrogens is 311 g/mol. The molecule has 2 nitrogen and oxygen atoms in total. The highest BCUT2D eigenvalue weighted by Crippen LogP contribution is 2.49. The SMILES string of the molecule is CCCCOC(=O)C1(Cc2ccc(F)c(Br)c2)CC1. The van der Waals surface area contributed by atoms with Crippen LogP contribution < -0.4 is 0 Å². The van der Waals surface area contributed by atoms with Crippen molar-refractivity contribution < 1.29 is 13.9 Å². The predicted octanol–water partition coefficient (Wildman–Crippen LogP) is 4.25. The number of benzene rings is 1. The van der Waals surface area contributed by atoms with Crippen LogP contribution in [0, 0.1) is 11.2 Å². The molecule has 4 heteroatoms. The lowest BCUT2D eigenvalue weighted by Crippen LogP contribution is -2.22. The second kappa shape index (κ2) is 6.04. The summed E-state index contributed by atoms with van der Waals surface area (Å²) in [7, 11) is 0. The van der Waals surface area contributed by atoms with Crippen molar-refractivity contribution in [2.24, 2.45) is 5.41 Å². The Morgan fingerprint density at radius 1 is 1.47 bits per heavy atom. The topological polar surface area (TPSA) is 26.3 Å². The molecule has 0 atom stereocenters. The van der Waals surface area contributed by atoms with E-state index in [1.54, 1.807) is 12.1 Å². The van der Waals surface area contributed by atoms with Crippen molar-refractivity contribution in [2.75, 3.05) is 6.61 Å². The normalized spacial score (nSPS) is 16.2. The molecule has 0 heterocycles. The van der Waals surface area contributed by atoms with Crippen LogP contribution in [0.15, 0.2) is 22.7 Å². The van der Waals surface area contributed by atoms with Gasteiger partial charge in [0.25, 0.3) is 0 Å². The monoisotopic (exact) mass is 328 g/mol. The Balaban J connectivity index is 1.97. The van der Waals surface area contributed by atoms with Crippen molar-refractivity contribution >= 4 is 21.9 Å². The van der Waals surface area contributed by atoms with E-state index in [0.717, 1.165) is 31.2 Å². The lowest BCUT2D eigenvalue weighted by atomic mass is 9.96. The van der Waals surface area contributed by atoms with Gasteiger partial charge in [-0.3, -0.25) is 4.79 Å². The van der Waals surface area contributed by atoms with Crippen LogP contribution >= 0.6 is 15.9 Å². The van der Waals surface area contributed by atoms with Gasteiger partial charge in [-0.1, -0.05) is 19.4 Å². The number of esters is 1. The predicted molar refractivity (Wildman–Crippen MR) is 75.3 cm³/mol. The van der Waals surface area contributed by atoms with Crippen molar-refractivity contribution in [3.05, 3.63) is 34.1 Å². The average molecular weight is 329 g/mol. The highest BCUT2D eigenvalue weighted by molar-refractivity contribution is 9.10. The molecule has 1 aliphatic carbocycles. The fourth-order valence-electron chi connectivity index (χ4n) is 2.11. The summed E-state index contributed by atoms with van der Waals surface area (Å²) in [5.41, 5.74) is 0.614. The number of unbranched alkanes of at least 4 members (excludes halogenated alkanes) is 1. The fourth-order valence-corrected chi connectivity index (χ4v) is 2.53. The van der Waals surface area contributed by atoms with E-state index in [4.69, 9.17) is 4.74 Å². The first kappa shape index (κ1) is 14.5. The molecular formula is C15H18BrFO2. The van der Waals surface area contributed by atoms with Crippen molar-refractivity contribution in [2.45, 2.75) is 39.0 Å². The summed E-state index contributed by atoms with van der Waals surface area (Å²) in [5.74, 6) is -0.375. The van der Waals surface area contributed by atoms with Crippen LogP contribution in [0.25, 0.3) is 0 Å². The van der Waals surface area contributed by atoms with Crippen LogP contribution in [-0.2, 0) is 16.0 Å². The van der Waals surface area contributed by atoms with Crippen LogP contribution in [0.1, 0.15) is 38.2 Å². The molecule has 104 valence electrons. The van der Waals surface area contributed by atoms with Crippen molar-refractivity contribution in [1.29, 1.82) is 0 Å². The molecule has 1 aromatic carbocycles. The molecule has 1 fully saturated rings. The van der Waals surface area contributed by atoms with Crippen LogP contribution in [0.4, 0.5) is 4.39 Å². The van der Waals surface area contributed by atoms with E-state index in [1.807, 2.05) is 0 Å². The van der Waals surface area contributed by atoms with Crippen molar-refractivity contribution in [3.63, 3.8) is 0 Å². The van der Waals surface area contributed by atoms with Gasteiger partial charge < -0.3 is 4.74 Å². The molecule has 1 saturated carbocycles. The molecule has 0 aliphatic heterocycles. The summed E-state index contributed by atoms with van der Waals surface area (Å²) < 4.78 is 18.9. The maximum Gasteiger partial charge on any atom is 0.312 e. The third-order valence-electron chi connectivity index (χ3n) is 3.54. The second-order valence-electron chi connectivity index (χ2n) is 5.20. The van der Waals surface area contributed by atoms with Gasteiger partial charge in [0.1, 0.15) is 5.82 Å². The van der Waals surface area contributed by atoms with E-state index in [-0.39, 0.29) is 17.2 Å². The van der Waals surface area contributed by atoms with Crippen LogP contribution in [0.3, 0.4) is 0 Å². The zero-order chi connectivity index (χ0) is 13.9. The number of halogens is 2. The molecule has 0 unspecified atom stereocenters. The Hall–Kier alpha value is -0.900. The standard InChI is InChI=1S/C15H18BrFO2/c1-2-3-8-19-14(18)15(6-7-15)10-11-4-5-13(17)12(16)9-11/h4-5,9H,2-3,6-8,10H2,1H3. The zero-order valence-corrected chi connectivity index (χ0v) is 12.6. The molecule has 0 radical (unpaired) electrons. The van der Waals surface area contributed by atoms with E-state index in [1.165, 1.54) is 6.07 Å². The fraction of sp³-hybridized carbons (Fsp3) is 0.533. The van der Waals surface area contributed by atoms with Gasteiger partial charge in [0.15, 0.2) is 0 Å². The van der Waals surface area contributed by atoms with Gasteiger partial charge in [-0.25, -0.2) is 4.39 Å². The molecule has 1 aromatic rings. The smallest absolute Gasteiger partial charge is 0.312 e. The van der Waals surface area contributed by atoms with Crippen molar-refractivity contribution in [1.82, 2.24) is 0 Å². The minimum atomic E-state index is -0.356. The number of carbonyl (C=O) groups excluding carboxylic acids is 1. The Morgan fingerprint density at radius 3 is 2.79 bits per heavy atom. The minimum Gasteiger partial charge on any atom is -0.465 e. The zero-order valence-electron chi connectivity index (χ0n) is 11.0. The first-order chi connectivity index (χ1) is 9.07. The highest BCUT2D eigenvalue weighted by Gasteiger charge is 2.51. The van der Waals surface area contributed by atoms with Crippen LogP contribution in [0.5, 0.6) is 0 Å². The van der Waals surface area contributed by atoms with Crippen molar-refractivity contribution in [3.8, 4) is 0 Å². The molecule has 0 spiro atoms. The Labute approximate surface area is 121 Å². The average Bonchev–Trinajstić information content (AvgIpc) is 3.15. The molecule has 2 rings (SSSR count). The number of carbonyl (C=O) groups is 1. The lowest BCUT2D eigenvalue weighted by Gasteiger charge is -2.14. The van der Waals surface area contributed by atoms with Gasteiger partial charge in [0.05, 0.1) is 16.5 Å². The molecule has 0 amide bonds. The number of hydrogen-bond donors (Lipinski definition) is 0. The Bertz CT molecular complexity index is 469. The summed E-state index contributed by atoms with van der Waals surface area (Å²) in [5, 5.41) is 0. The number of hydrogen-bond acceptors (Lipinski definition) is 2. The third-order valence-corrected chi connectivity index (χ3v) is 4.15. The molecule has 1 aliphatic rings. The summed E-state index contributed by atoms with van der Waals surface area (Å²) in [6.07, 6.45) is 4.30. The Morgan fingerprint density at radius 2 is 2.21 bits per heavy atom.